The normalized spacial score (nSPS) is 20.2. The van der Waals surface area contributed by atoms with Gasteiger partial charge in [-0.3, -0.25) is 0 Å². The molecule has 116 valence electrons. The highest BCUT2D eigenvalue weighted by atomic mass is 35.5. The molecule has 0 spiro atoms. The number of nitrogens with one attached hydrogen (secondary N) is 1. The zero-order valence-electron chi connectivity index (χ0n) is 12.8. The minimum absolute atomic E-state index is 0.120. The van der Waals surface area contributed by atoms with Gasteiger partial charge in [0, 0.05) is 0 Å². The van der Waals surface area contributed by atoms with E-state index in [4.69, 9.17) is 11.6 Å². The van der Waals surface area contributed by atoms with Crippen LogP contribution in [0.2, 0.25) is 5.02 Å². The van der Waals surface area contributed by atoms with Crippen molar-refractivity contribution in [1.82, 2.24) is 5.32 Å². The molecule has 1 unspecified atom stereocenters. The van der Waals surface area contributed by atoms with Crippen LogP contribution in [0.5, 0.6) is 0 Å². The summed E-state index contributed by atoms with van der Waals surface area (Å²) >= 11 is 5.81. The Labute approximate surface area is 132 Å². The average molecular weight is 310 g/mol. The predicted octanol–water partition coefficient (Wildman–Crippen LogP) is 5.80. The lowest BCUT2D eigenvalue weighted by Gasteiger charge is -2.24. The highest BCUT2D eigenvalue weighted by Crippen LogP contribution is 2.30. The SMILES string of the molecule is CCCNC(/C1=C/CCCCCC1)c1ccc(Cl)c(F)c1. The van der Waals surface area contributed by atoms with Gasteiger partial charge in [-0.2, -0.15) is 0 Å². The van der Waals surface area contributed by atoms with Gasteiger partial charge in [0.05, 0.1) is 11.1 Å². The lowest BCUT2D eigenvalue weighted by molar-refractivity contribution is 0.537. The largest absolute Gasteiger partial charge is 0.307 e. The predicted molar refractivity (Wildman–Crippen MR) is 88.2 cm³/mol. The van der Waals surface area contributed by atoms with Gasteiger partial charge in [-0.15, -0.1) is 0 Å². The summed E-state index contributed by atoms with van der Waals surface area (Å²) in [5.74, 6) is -0.330. The van der Waals surface area contributed by atoms with Crippen LogP contribution in [-0.4, -0.2) is 6.54 Å². The van der Waals surface area contributed by atoms with Crippen LogP contribution in [0, 0.1) is 5.82 Å². The van der Waals surface area contributed by atoms with E-state index in [2.05, 4.69) is 18.3 Å². The standard InChI is InChI=1S/C18H25ClFN/c1-2-12-21-18(14-8-6-4-3-5-7-9-14)15-10-11-16(19)17(20)13-15/h8,10-11,13,18,21H,2-7,9,12H2,1H3/b14-8+. The molecule has 0 heterocycles. The summed E-state index contributed by atoms with van der Waals surface area (Å²) in [4.78, 5) is 0. The number of hydrogen-bond donors (Lipinski definition) is 1. The summed E-state index contributed by atoms with van der Waals surface area (Å²) in [6.45, 7) is 3.09. The maximum Gasteiger partial charge on any atom is 0.142 e. The van der Waals surface area contributed by atoms with Crippen molar-refractivity contribution in [3.8, 4) is 0 Å². The third-order valence-corrected chi connectivity index (χ3v) is 4.38. The smallest absolute Gasteiger partial charge is 0.142 e. The molecule has 3 heteroatoms. The Balaban J connectivity index is 2.25. The van der Waals surface area contributed by atoms with Crippen molar-refractivity contribution >= 4 is 11.6 Å². The van der Waals surface area contributed by atoms with Crippen LogP contribution in [0.3, 0.4) is 0 Å². The first-order valence-corrected chi connectivity index (χ1v) is 8.47. The van der Waals surface area contributed by atoms with Crippen LogP contribution in [0.25, 0.3) is 0 Å². The van der Waals surface area contributed by atoms with Gasteiger partial charge in [-0.1, -0.05) is 49.1 Å². The van der Waals surface area contributed by atoms with Crippen molar-refractivity contribution in [1.29, 1.82) is 0 Å². The molecule has 1 aromatic rings. The van der Waals surface area contributed by atoms with Gasteiger partial charge in [-0.25, -0.2) is 4.39 Å². The molecule has 1 aliphatic carbocycles. The molecule has 2 rings (SSSR count). The number of benzene rings is 1. The number of halogens is 2. The molecule has 1 atom stereocenters. The fourth-order valence-corrected chi connectivity index (χ4v) is 3.04. The Bertz CT molecular complexity index is 484. The molecule has 0 aromatic heterocycles. The van der Waals surface area contributed by atoms with E-state index in [-0.39, 0.29) is 16.9 Å². The average Bonchev–Trinajstić information content (AvgIpc) is 2.44. The topological polar surface area (TPSA) is 12.0 Å². The number of rotatable bonds is 5. The monoisotopic (exact) mass is 309 g/mol. The zero-order chi connectivity index (χ0) is 15.1. The minimum atomic E-state index is -0.330. The quantitative estimate of drug-likeness (QED) is 0.678. The summed E-state index contributed by atoms with van der Waals surface area (Å²) in [6.07, 6.45) is 10.8. The van der Waals surface area contributed by atoms with Gasteiger partial charge in [0.15, 0.2) is 0 Å². The second kappa shape index (κ2) is 8.55. The first kappa shape index (κ1) is 16.5. The van der Waals surface area contributed by atoms with Gasteiger partial charge in [-0.05, 0) is 56.3 Å². The van der Waals surface area contributed by atoms with Crippen LogP contribution in [-0.2, 0) is 0 Å². The maximum absolute atomic E-state index is 13.8. The van der Waals surface area contributed by atoms with Crippen molar-refractivity contribution in [2.24, 2.45) is 0 Å². The van der Waals surface area contributed by atoms with Gasteiger partial charge >= 0.3 is 0 Å². The highest BCUT2D eigenvalue weighted by molar-refractivity contribution is 6.30. The molecule has 0 saturated heterocycles. The molecule has 1 N–H and O–H groups in total. The van der Waals surface area contributed by atoms with Gasteiger partial charge < -0.3 is 5.32 Å². The lowest BCUT2D eigenvalue weighted by atomic mass is 9.91. The molecule has 0 radical (unpaired) electrons. The Morgan fingerprint density at radius 1 is 1.24 bits per heavy atom. The van der Waals surface area contributed by atoms with E-state index in [0.29, 0.717) is 0 Å². The van der Waals surface area contributed by atoms with Gasteiger partial charge in [0.25, 0.3) is 0 Å². The Morgan fingerprint density at radius 2 is 2.05 bits per heavy atom. The van der Waals surface area contributed by atoms with Crippen molar-refractivity contribution in [2.75, 3.05) is 6.54 Å². The first-order valence-electron chi connectivity index (χ1n) is 8.09. The van der Waals surface area contributed by atoms with E-state index in [0.717, 1.165) is 31.4 Å². The fourth-order valence-electron chi connectivity index (χ4n) is 2.92. The molecular formula is C18H25ClFN. The van der Waals surface area contributed by atoms with Crippen molar-refractivity contribution in [3.63, 3.8) is 0 Å². The van der Waals surface area contributed by atoms with E-state index in [9.17, 15) is 4.39 Å². The molecule has 1 nitrogen and oxygen atoms in total. The summed E-state index contributed by atoms with van der Waals surface area (Å²) in [5, 5.41) is 3.77. The molecule has 0 aliphatic heterocycles. The number of allylic oxidation sites excluding steroid dienone is 1. The molecule has 1 aliphatic rings. The summed E-state index contributed by atoms with van der Waals surface area (Å²) in [5.41, 5.74) is 2.39. The molecule has 0 bridgehead atoms. The van der Waals surface area contributed by atoms with Crippen LogP contribution in [0.4, 0.5) is 4.39 Å². The van der Waals surface area contributed by atoms with Crippen molar-refractivity contribution in [2.45, 2.75) is 57.9 Å². The third-order valence-electron chi connectivity index (χ3n) is 4.07. The van der Waals surface area contributed by atoms with Gasteiger partial charge in [0.2, 0.25) is 0 Å². The van der Waals surface area contributed by atoms with Gasteiger partial charge in [0.1, 0.15) is 5.82 Å². The lowest BCUT2D eigenvalue weighted by Crippen LogP contribution is -2.24. The van der Waals surface area contributed by atoms with E-state index in [1.54, 1.807) is 12.1 Å². The summed E-state index contributed by atoms with van der Waals surface area (Å²) in [7, 11) is 0. The van der Waals surface area contributed by atoms with E-state index in [1.807, 2.05) is 6.07 Å². The number of hydrogen-bond acceptors (Lipinski definition) is 1. The first-order chi connectivity index (χ1) is 10.2. The molecule has 0 fully saturated rings. The molecule has 0 saturated carbocycles. The third kappa shape index (κ3) is 4.82. The molecule has 0 amide bonds. The van der Waals surface area contributed by atoms with E-state index < -0.39 is 0 Å². The van der Waals surface area contributed by atoms with Crippen LogP contribution >= 0.6 is 11.6 Å². The van der Waals surface area contributed by atoms with Crippen LogP contribution in [0.1, 0.15) is 63.5 Å². The molecule has 21 heavy (non-hydrogen) atoms. The highest BCUT2D eigenvalue weighted by Gasteiger charge is 2.17. The minimum Gasteiger partial charge on any atom is -0.307 e. The summed E-state index contributed by atoms with van der Waals surface area (Å²) < 4.78 is 13.8. The van der Waals surface area contributed by atoms with E-state index >= 15 is 0 Å². The Hall–Kier alpha value is -0.860. The second-order valence-corrected chi connectivity index (χ2v) is 6.20. The Morgan fingerprint density at radius 3 is 2.81 bits per heavy atom. The van der Waals surface area contributed by atoms with Crippen LogP contribution in [0.15, 0.2) is 29.8 Å². The van der Waals surface area contributed by atoms with E-state index in [1.165, 1.54) is 31.3 Å². The fraction of sp³-hybridized carbons (Fsp3) is 0.556. The second-order valence-electron chi connectivity index (χ2n) is 5.79. The van der Waals surface area contributed by atoms with Crippen molar-refractivity contribution in [3.05, 3.63) is 46.3 Å². The van der Waals surface area contributed by atoms with Crippen molar-refractivity contribution < 1.29 is 4.39 Å². The Kier molecular flexibility index (Phi) is 6.72. The molecular weight excluding hydrogens is 285 g/mol. The zero-order valence-corrected chi connectivity index (χ0v) is 13.6. The summed E-state index contributed by atoms with van der Waals surface area (Å²) in [6, 6.07) is 5.30. The van der Waals surface area contributed by atoms with Crippen LogP contribution < -0.4 is 5.32 Å². The maximum atomic E-state index is 13.8. The molecule has 1 aromatic carbocycles.